The van der Waals surface area contributed by atoms with Crippen molar-refractivity contribution >= 4 is 29.9 Å². The van der Waals surface area contributed by atoms with Crippen LogP contribution >= 0.6 is 24.0 Å². The summed E-state index contributed by atoms with van der Waals surface area (Å²) in [5, 5.41) is 6.72. The number of halogens is 1. The number of aliphatic imine (C=N–C) groups is 1. The number of hydrogen-bond donors (Lipinski definition) is 2. The lowest BCUT2D eigenvalue weighted by Gasteiger charge is -2.14. The minimum atomic E-state index is 0. The molecule has 1 aromatic rings. The Kier molecular flexibility index (Phi) is 12.7. The van der Waals surface area contributed by atoms with Crippen LogP contribution < -0.4 is 10.6 Å². The molecule has 2 rings (SSSR count). The van der Waals surface area contributed by atoms with Crippen molar-refractivity contribution < 1.29 is 9.47 Å². The number of benzene rings is 1. The number of nitrogens with zero attached hydrogens (tertiary/aromatic N) is 1. The van der Waals surface area contributed by atoms with Gasteiger partial charge in [-0.1, -0.05) is 31.2 Å². The summed E-state index contributed by atoms with van der Waals surface area (Å²) in [6.07, 6.45) is 4.73. The topological polar surface area (TPSA) is 54.9 Å². The van der Waals surface area contributed by atoms with Crippen LogP contribution in [-0.4, -0.2) is 39.4 Å². The van der Waals surface area contributed by atoms with Crippen LogP contribution in [0.3, 0.4) is 0 Å². The molecule has 0 aliphatic heterocycles. The Balaban J connectivity index is 0.00000338. The van der Waals surface area contributed by atoms with Gasteiger partial charge in [0.25, 0.3) is 0 Å². The zero-order chi connectivity index (χ0) is 17.7. The van der Waals surface area contributed by atoms with Crippen LogP contribution in [0.2, 0.25) is 0 Å². The molecular weight excluding hydrogens is 441 g/mol. The van der Waals surface area contributed by atoms with Crippen LogP contribution in [0.4, 0.5) is 0 Å². The largest absolute Gasteiger partial charge is 0.381 e. The first-order valence-electron chi connectivity index (χ1n) is 9.50. The van der Waals surface area contributed by atoms with Crippen molar-refractivity contribution in [3.05, 3.63) is 35.4 Å². The molecule has 5 nitrogen and oxygen atoms in total. The molecule has 0 unspecified atom stereocenters. The highest BCUT2D eigenvalue weighted by atomic mass is 127. The lowest BCUT2D eigenvalue weighted by molar-refractivity contribution is 0.121. The summed E-state index contributed by atoms with van der Waals surface area (Å²) in [5.41, 5.74) is 2.47. The highest BCUT2D eigenvalue weighted by molar-refractivity contribution is 14.0. The van der Waals surface area contributed by atoms with Crippen LogP contribution in [0, 0.1) is 5.92 Å². The van der Waals surface area contributed by atoms with E-state index >= 15 is 0 Å². The number of guanidine groups is 1. The van der Waals surface area contributed by atoms with Gasteiger partial charge in [0.1, 0.15) is 0 Å². The van der Waals surface area contributed by atoms with Gasteiger partial charge in [0.05, 0.1) is 6.61 Å². The second kappa shape index (κ2) is 14.2. The standard InChI is InChI=1S/C20H33N3O2.HI/c1-3-12-24-16-19-8-5-4-7-18(19)14-23-20(21-2)22-11-6-13-25-15-17-9-10-17;/h4-5,7-8,17H,3,6,9-16H2,1-2H3,(H2,21,22,23);1H. The van der Waals surface area contributed by atoms with Gasteiger partial charge in [-0.2, -0.15) is 0 Å². The Hall–Kier alpha value is -0.860. The first-order valence-corrected chi connectivity index (χ1v) is 9.50. The summed E-state index contributed by atoms with van der Waals surface area (Å²) in [5.74, 6) is 1.66. The summed E-state index contributed by atoms with van der Waals surface area (Å²) >= 11 is 0. The summed E-state index contributed by atoms with van der Waals surface area (Å²) in [6, 6.07) is 8.38. The Morgan fingerprint density at radius 1 is 1.12 bits per heavy atom. The molecule has 0 saturated heterocycles. The molecular formula is C20H34IN3O2. The lowest BCUT2D eigenvalue weighted by atomic mass is 10.1. The fourth-order valence-corrected chi connectivity index (χ4v) is 2.51. The Bertz CT molecular complexity index is 522. The van der Waals surface area contributed by atoms with Gasteiger partial charge in [-0.25, -0.2) is 0 Å². The van der Waals surface area contributed by atoms with E-state index in [1.807, 2.05) is 0 Å². The van der Waals surface area contributed by atoms with Gasteiger partial charge in [-0.15, -0.1) is 24.0 Å². The van der Waals surface area contributed by atoms with Crippen molar-refractivity contribution in [1.29, 1.82) is 0 Å². The minimum Gasteiger partial charge on any atom is -0.381 e. The normalized spacial score (nSPS) is 14.0. The first kappa shape index (κ1) is 23.2. The van der Waals surface area contributed by atoms with E-state index in [0.29, 0.717) is 6.61 Å². The van der Waals surface area contributed by atoms with Crippen molar-refractivity contribution in [2.24, 2.45) is 10.9 Å². The number of hydrogen-bond acceptors (Lipinski definition) is 3. The third kappa shape index (κ3) is 9.73. The van der Waals surface area contributed by atoms with Crippen LogP contribution in [0.25, 0.3) is 0 Å². The van der Waals surface area contributed by atoms with E-state index in [1.54, 1.807) is 7.05 Å². The maximum absolute atomic E-state index is 5.68. The summed E-state index contributed by atoms with van der Waals surface area (Å²) in [4.78, 5) is 4.29. The van der Waals surface area contributed by atoms with Crippen molar-refractivity contribution in [3.63, 3.8) is 0 Å². The minimum absolute atomic E-state index is 0. The SMILES string of the molecule is CCCOCc1ccccc1CNC(=NC)NCCCOCC1CC1.I. The molecule has 1 saturated carbocycles. The Morgan fingerprint density at radius 2 is 1.88 bits per heavy atom. The van der Waals surface area contributed by atoms with E-state index in [1.165, 1.54) is 24.0 Å². The van der Waals surface area contributed by atoms with Crippen LogP contribution in [0.15, 0.2) is 29.3 Å². The Morgan fingerprint density at radius 3 is 2.58 bits per heavy atom. The maximum Gasteiger partial charge on any atom is 0.191 e. The molecule has 2 N–H and O–H groups in total. The molecule has 0 heterocycles. The zero-order valence-corrected chi connectivity index (χ0v) is 18.5. The number of nitrogens with one attached hydrogen (secondary N) is 2. The molecule has 1 aromatic carbocycles. The molecule has 0 bridgehead atoms. The molecule has 26 heavy (non-hydrogen) atoms. The Labute approximate surface area is 175 Å². The van der Waals surface area contributed by atoms with Gasteiger partial charge >= 0.3 is 0 Å². The zero-order valence-electron chi connectivity index (χ0n) is 16.1. The van der Waals surface area contributed by atoms with Crippen molar-refractivity contribution in [2.45, 2.75) is 45.8 Å². The fourth-order valence-electron chi connectivity index (χ4n) is 2.51. The van der Waals surface area contributed by atoms with E-state index < -0.39 is 0 Å². The van der Waals surface area contributed by atoms with Gasteiger partial charge in [0.2, 0.25) is 0 Å². The molecule has 0 atom stereocenters. The molecule has 0 spiro atoms. The quantitative estimate of drug-likeness (QED) is 0.210. The van der Waals surface area contributed by atoms with Crippen molar-refractivity contribution in [3.8, 4) is 0 Å². The average molecular weight is 475 g/mol. The van der Waals surface area contributed by atoms with E-state index in [0.717, 1.165) is 57.6 Å². The van der Waals surface area contributed by atoms with Crippen molar-refractivity contribution in [1.82, 2.24) is 10.6 Å². The summed E-state index contributed by atoms with van der Waals surface area (Å²) in [6.45, 7) is 6.95. The molecule has 1 fully saturated rings. The second-order valence-corrected chi connectivity index (χ2v) is 6.55. The number of ether oxygens (including phenoxy) is 2. The van der Waals surface area contributed by atoms with E-state index in [-0.39, 0.29) is 24.0 Å². The van der Waals surface area contributed by atoms with Crippen LogP contribution in [0.1, 0.15) is 43.7 Å². The predicted molar refractivity (Wildman–Crippen MR) is 118 cm³/mol. The molecule has 0 amide bonds. The molecule has 148 valence electrons. The van der Waals surface area contributed by atoms with Gasteiger partial charge in [-0.3, -0.25) is 4.99 Å². The van der Waals surface area contributed by atoms with Gasteiger partial charge in [-0.05, 0) is 42.7 Å². The maximum atomic E-state index is 5.68. The highest BCUT2D eigenvalue weighted by Gasteiger charge is 2.20. The summed E-state index contributed by atoms with van der Waals surface area (Å²) in [7, 11) is 1.80. The number of rotatable bonds is 12. The van der Waals surface area contributed by atoms with Crippen molar-refractivity contribution in [2.75, 3.05) is 33.4 Å². The van der Waals surface area contributed by atoms with Crippen LogP contribution in [-0.2, 0) is 22.6 Å². The fraction of sp³-hybridized carbons (Fsp3) is 0.650. The molecule has 6 heteroatoms. The van der Waals surface area contributed by atoms with Gasteiger partial charge in [0, 0.05) is 40.0 Å². The lowest BCUT2D eigenvalue weighted by Crippen LogP contribution is -2.37. The smallest absolute Gasteiger partial charge is 0.191 e. The van der Waals surface area contributed by atoms with Crippen LogP contribution in [0.5, 0.6) is 0 Å². The second-order valence-electron chi connectivity index (χ2n) is 6.55. The molecule has 1 aliphatic carbocycles. The van der Waals surface area contributed by atoms with Gasteiger partial charge < -0.3 is 20.1 Å². The molecule has 0 aromatic heterocycles. The van der Waals surface area contributed by atoms with E-state index in [2.05, 4.69) is 46.8 Å². The van der Waals surface area contributed by atoms with Gasteiger partial charge in [0.15, 0.2) is 5.96 Å². The van der Waals surface area contributed by atoms with E-state index in [9.17, 15) is 0 Å². The average Bonchev–Trinajstić information content (AvgIpc) is 3.46. The highest BCUT2D eigenvalue weighted by Crippen LogP contribution is 2.28. The summed E-state index contributed by atoms with van der Waals surface area (Å²) < 4.78 is 11.3. The monoisotopic (exact) mass is 475 g/mol. The first-order chi connectivity index (χ1) is 12.3. The predicted octanol–water partition coefficient (Wildman–Crippen LogP) is 3.71. The third-order valence-electron chi connectivity index (χ3n) is 4.20. The van der Waals surface area contributed by atoms with E-state index in [4.69, 9.17) is 9.47 Å². The molecule has 1 aliphatic rings. The third-order valence-corrected chi connectivity index (χ3v) is 4.20. The molecule has 0 radical (unpaired) electrons.